The first-order valence-electron chi connectivity index (χ1n) is 6.79. The third-order valence-electron chi connectivity index (χ3n) is 3.76. The molecule has 0 unspecified atom stereocenters. The number of rotatable bonds is 3. The van der Waals surface area contributed by atoms with Gasteiger partial charge in [-0.05, 0) is 41.8 Å². The maximum atomic E-state index is 9.35. The first-order chi connectivity index (χ1) is 9.78. The summed E-state index contributed by atoms with van der Waals surface area (Å²) >= 11 is 5.93. The summed E-state index contributed by atoms with van der Waals surface area (Å²) < 4.78 is 0. The largest absolute Gasteiger partial charge is 0.371 e. The number of nitriles is 1. The average molecular weight is 283 g/mol. The van der Waals surface area contributed by atoms with Crippen molar-refractivity contribution < 1.29 is 0 Å². The second-order valence-electron chi connectivity index (χ2n) is 5.06. The zero-order valence-electron chi connectivity index (χ0n) is 11.1. The minimum atomic E-state index is 0.741. The van der Waals surface area contributed by atoms with Crippen LogP contribution in [0.3, 0.4) is 0 Å². The van der Waals surface area contributed by atoms with Crippen LogP contribution in [0, 0.1) is 11.3 Å². The van der Waals surface area contributed by atoms with Crippen LogP contribution in [0.5, 0.6) is 0 Å². The molecule has 2 nitrogen and oxygen atoms in total. The third kappa shape index (κ3) is 2.50. The Morgan fingerprint density at radius 1 is 1.10 bits per heavy atom. The first-order valence-corrected chi connectivity index (χ1v) is 7.17. The summed E-state index contributed by atoms with van der Waals surface area (Å²) in [6.45, 7) is 2.17. The van der Waals surface area contributed by atoms with Crippen LogP contribution in [0.25, 0.3) is 0 Å². The average Bonchev–Trinajstić information content (AvgIpc) is 2.41. The van der Waals surface area contributed by atoms with E-state index in [0.717, 1.165) is 35.7 Å². The van der Waals surface area contributed by atoms with Crippen LogP contribution in [0.15, 0.2) is 42.5 Å². The van der Waals surface area contributed by atoms with Crippen molar-refractivity contribution in [1.29, 1.82) is 5.26 Å². The Labute approximate surface area is 124 Å². The number of anilines is 1. The van der Waals surface area contributed by atoms with Crippen LogP contribution < -0.4 is 4.90 Å². The summed E-state index contributed by atoms with van der Waals surface area (Å²) in [5, 5.41) is 10.1. The molecule has 0 amide bonds. The van der Waals surface area contributed by atoms with E-state index in [9.17, 15) is 5.26 Å². The van der Waals surface area contributed by atoms with E-state index >= 15 is 0 Å². The van der Waals surface area contributed by atoms with Crippen LogP contribution in [0.2, 0.25) is 5.02 Å². The van der Waals surface area contributed by atoms with E-state index < -0.39 is 0 Å². The lowest BCUT2D eigenvalue weighted by molar-refractivity contribution is 0.615. The van der Waals surface area contributed by atoms with Gasteiger partial charge in [0.2, 0.25) is 0 Å². The zero-order valence-corrected chi connectivity index (χ0v) is 11.9. The van der Waals surface area contributed by atoms with E-state index in [4.69, 9.17) is 11.6 Å². The van der Waals surface area contributed by atoms with Gasteiger partial charge >= 0.3 is 0 Å². The molecule has 0 spiro atoms. The van der Waals surface area contributed by atoms with Gasteiger partial charge in [-0.2, -0.15) is 5.26 Å². The number of nitrogens with zero attached hydrogens (tertiary/aromatic N) is 2. The second-order valence-corrected chi connectivity index (χ2v) is 5.50. The molecule has 1 fully saturated rings. The van der Waals surface area contributed by atoms with Gasteiger partial charge in [-0.3, -0.25) is 0 Å². The Morgan fingerprint density at radius 3 is 2.45 bits per heavy atom. The molecule has 100 valence electrons. The first kappa shape index (κ1) is 13.0. The topological polar surface area (TPSA) is 27.0 Å². The number of hydrogen-bond donors (Lipinski definition) is 0. The molecule has 3 heteroatoms. The third-order valence-corrected chi connectivity index (χ3v) is 4.01. The van der Waals surface area contributed by atoms with Crippen molar-refractivity contribution in [3.8, 4) is 6.07 Å². The van der Waals surface area contributed by atoms with Gasteiger partial charge in [0.25, 0.3) is 0 Å². The molecule has 0 aliphatic carbocycles. The van der Waals surface area contributed by atoms with Crippen LogP contribution in [0.1, 0.15) is 23.1 Å². The summed E-state index contributed by atoms with van der Waals surface area (Å²) in [4.78, 5) is 2.34. The quantitative estimate of drug-likeness (QED) is 0.850. The van der Waals surface area contributed by atoms with Crippen molar-refractivity contribution >= 4 is 17.3 Å². The highest BCUT2D eigenvalue weighted by Gasteiger charge is 2.19. The van der Waals surface area contributed by atoms with Gasteiger partial charge in [0.05, 0.1) is 11.6 Å². The van der Waals surface area contributed by atoms with Crippen LogP contribution in [-0.4, -0.2) is 13.1 Å². The predicted molar refractivity (Wildman–Crippen MR) is 82.2 cm³/mol. The fourth-order valence-electron chi connectivity index (χ4n) is 2.52. The number of benzene rings is 2. The molecular weight excluding hydrogens is 268 g/mol. The van der Waals surface area contributed by atoms with Gasteiger partial charge in [-0.15, -0.1) is 0 Å². The van der Waals surface area contributed by atoms with E-state index in [1.165, 1.54) is 17.7 Å². The molecular formula is C17H15ClN2. The molecule has 2 aromatic rings. The lowest BCUT2D eigenvalue weighted by Crippen LogP contribution is -2.37. The van der Waals surface area contributed by atoms with Crippen molar-refractivity contribution in [2.75, 3.05) is 18.0 Å². The van der Waals surface area contributed by atoms with Gasteiger partial charge in [0.1, 0.15) is 0 Å². The minimum Gasteiger partial charge on any atom is -0.371 e. The summed E-state index contributed by atoms with van der Waals surface area (Å²) in [6, 6.07) is 16.1. The summed E-state index contributed by atoms with van der Waals surface area (Å²) in [6.07, 6.45) is 2.00. The molecule has 1 aliphatic rings. The van der Waals surface area contributed by atoms with Crippen LogP contribution >= 0.6 is 11.6 Å². The Hall–Kier alpha value is -1.98. The molecule has 0 aromatic heterocycles. The summed E-state index contributed by atoms with van der Waals surface area (Å²) in [5.41, 5.74) is 4.27. The van der Waals surface area contributed by atoms with Gasteiger partial charge in [-0.1, -0.05) is 29.8 Å². The fraction of sp³-hybridized carbons (Fsp3) is 0.235. The van der Waals surface area contributed by atoms with Gasteiger partial charge < -0.3 is 4.90 Å². The van der Waals surface area contributed by atoms with E-state index in [1.54, 1.807) is 0 Å². The summed E-state index contributed by atoms with van der Waals surface area (Å²) in [7, 11) is 0. The molecule has 0 atom stereocenters. The number of hydrogen-bond acceptors (Lipinski definition) is 2. The summed E-state index contributed by atoms with van der Waals surface area (Å²) in [5.74, 6) is 0. The SMILES string of the molecule is N#Cc1cccc(N2CCC2)c1Cc1ccc(Cl)cc1. The Kier molecular flexibility index (Phi) is 3.62. The van der Waals surface area contributed by atoms with E-state index in [1.807, 2.05) is 36.4 Å². The maximum absolute atomic E-state index is 9.35. The maximum Gasteiger partial charge on any atom is 0.0995 e. The Bertz CT molecular complexity index is 652. The smallest absolute Gasteiger partial charge is 0.0995 e. The van der Waals surface area contributed by atoms with Crippen LogP contribution in [-0.2, 0) is 6.42 Å². The van der Waals surface area contributed by atoms with Gasteiger partial charge in [0.15, 0.2) is 0 Å². The number of halogens is 1. The molecule has 1 heterocycles. The van der Waals surface area contributed by atoms with E-state index in [2.05, 4.69) is 17.0 Å². The normalized spacial score (nSPS) is 13.7. The molecule has 0 bridgehead atoms. The molecule has 0 N–H and O–H groups in total. The zero-order chi connectivity index (χ0) is 13.9. The molecule has 2 aromatic carbocycles. The highest BCUT2D eigenvalue weighted by molar-refractivity contribution is 6.30. The molecule has 1 aliphatic heterocycles. The van der Waals surface area contributed by atoms with Crippen molar-refractivity contribution in [3.63, 3.8) is 0 Å². The molecule has 20 heavy (non-hydrogen) atoms. The Balaban J connectivity index is 1.98. The lowest BCUT2D eigenvalue weighted by atomic mass is 9.96. The second kappa shape index (κ2) is 5.56. The standard InChI is InChI=1S/C17H15ClN2/c18-15-7-5-13(6-8-15)11-16-14(12-19)3-1-4-17(16)20-9-2-10-20/h1,3-8H,2,9-11H2. The van der Waals surface area contributed by atoms with Crippen molar-refractivity contribution in [2.45, 2.75) is 12.8 Å². The van der Waals surface area contributed by atoms with Crippen molar-refractivity contribution in [2.24, 2.45) is 0 Å². The highest BCUT2D eigenvalue weighted by Crippen LogP contribution is 2.29. The van der Waals surface area contributed by atoms with E-state index in [0.29, 0.717) is 0 Å². The minimum absolute atomic E-state index is 0.741. The Morgan fingerprint density at radius 2 is 1.85 bits per heavy atom. The fourth-order valence-corrected chi connectivity index (χ4v) is 2.65. The molecule has 0 radical (unpaired) electrons. The van der Waals surface area contributed by atoms with Gasteiger partial charge in [0, 0.05) is 30.2 Å². The predicted octanol–water partition coefficient (Wildman–Crippen LogP) is 4.01. The monoisotopic (exact) mass is 282 g/mol. The molecule has 3 rings (SSSR count). The van der Waals surface area contributed by atoms with Crippen molar-refractivity contribution in [1.82, 2.24) is 0 Å². The molecule has 1 saturated heterocycles. The molecule has 0 saturated carbocycles. The highest BCUT2D eigenvalue weighted by atomic mass is 35.5. The lowest BCUT2D eigenvalue weighted by Gasteiger charge is -2.35. The van der Waals surface area contributed by atoms with Gasteiger partial charge in [-0.25, -0.2) is 0 Å². The van der Waals surface area contributed by atoms with Crippen LogP contribution in [0.4, 0.5) is 5.69 Å². The van der Waals surface area contributed by atoms with E-state index in [-0.39, 0.29) is 0 Å². The van der Waals surface area contributed by atoms with Crippen molar-refractivity contribution in [3.05, 3.63) is 64.2 Å².